The van der Waals surface area contributed by atoms with Gasteiger partial charge in [0.05, 0.1) is 18.4 Å². The maximum absolute atomic E-state index is 14.2. The number of ether oxygens (including phenoxy) is 2. The second kappa shape index (κ2) is 8.97. The molecule has 0 heterocycles. The van der Waals surface area contributed by atoms with E-state index in [0.29, 0.717) is 6.08 Å². The van der Waals surface area contributed by atoms with E-state index < -0.39 is 30.3 Å². The summed E-state index contributed by atoms with van der Waals surface area (Å²) in [5.41, 5.74) is -0.834. The molecule has 0 spiro atoms. The number of methoxy groups -OCH3 is 1. The zero-order valence-electron chi connectivity index (χ0n) is 15.2. The van der Waals surface area contributed by atoms with Crippen molar-refractivity contribution in [2.45, 2.75) is 18.6 Å². The van der Waals surface area contributed by atoms with Gasteiger partial charge in [-0.05, 0) is 29.8 Å². The van der Waals surface area contributed by atoms with E-state index in [-0.39, 0.29) is 22.6 Å². The van der Waals surface area contributed by atoms with Gasteiger partial charge in [-0.1, -0.05) is 24.3 Å². The van der Waals surface area contributed by atoms with Crippen LogP contribution in [0.25, 0.3) is 6.08 Å². The SMILES string of the molecule is COc1ccc(/C=C/C(F)(F)Nc2ccccc2C(=O)O)cc1OC(F)(F)C(F)F. The Morgan fingerprint density at radius 3 is 2.37 bits per heavy atom. The molecule has 30 heavy (non-hydrogen) atoms. The molecule has 0 bridgehead atoms. The molecule has 5 nitrogen and oxygen atoms in total. The fourth-order valence-electron chi connectivity index (χ4n) is 2.27. The van der Waals surface area contributed by atoms with Crippen molar-refractivity contribution in [1.29, 1.82) is 0 Å². The predicted molar refractivity (Wildman–Crippen MR) is 95.6 cm³/mol. The van der Waals surface area contributed by atoms with E-state index >= 15 is 0 Å². The molecule has 0 saturated heterocycles. The predicted octanol–water partition coefficient (Wildman–Crippen LogP) is 5.35. The average Bonchev–Trinajstić information content (AvgIpc) is 2.66. The van der Waals surface area contributed by atoms with Crippen LogP contribution in [-0.4, -0.2) is 36.8 Å². The first-order valence-corrected chi connectivity index (χ1v) is 8.16. The Bertz CT molecular complexity index is 933. The van der Waals surface area contributed by atoms with Crippen molar-refractivity contribution in [2.24, 2.45) is 0 Å². The molecular formula is C19H15F6NO4. The number of carbonyl (C=O) groups is 1. The van der Waals surface area contributed by atoms with E-state index in [1.54, 1.807) is 5.32 Å². The van der Waals surface area contributed by atoms with Crippen LogP contribution in [0.15, 0.2) is 48.5 Å². The van der Waals surface area contributed by atoms with E-state index in [4.69, 9.17) is 9.84 Å². The highest BCUT2D eigenvalue weighted by Gasteiger charge is 2.44. The largest absolute Gasteiger partial charge is 0.493 e. The quantitative estimate of drug-likeness (QED) is 0.411. The monoisotopic (exact) mass is 435 g/mol. The summed E-state index contributed by atoms with van der Waals surface area (Å²) in [6.07, 6.45) is -7.79. The summed E-state index contributed by atoms with van der Waals surface area (Å²) in [6, 6.07) is 4.32. The second-order valence-electron chi connectivity index (χ2n) is 5.81. The van der Waals surface area contributed by atoms with Gasteiger partial charge in [-0.15, -0.1) is 0 Å². The Hall–Kier alpha value is -3.37. The number of anilines is 1. The number of alkyl halides is 6. The van der Waals surface area contributed by atoms with E-state index in [2.05, 4.69) is 4.74 Å². The van der Waals surface area contributed by atoms with Crippen LogP contribution in [0.3, 0.4) is 0 Å². The number of carboxylic acid groups (broad SMARTS) is 1. The lowest BCUT2D eigenvalue weighted by molar-refractivity contribution is -0.253. The van der Waals surface area contributed by atoms with E-state index in [1.807, 2.05) is 0 Å². The zero-order chi connectivity index (χ0) is 22.5. The second-order valence-corrected chi connectivity index (χ2v) is 5.81. The number of halogens is 6. The van der Waals surface area contributed by atoms with Gasteiger partial charge in [-0.3, -0.25) is 0 Å². The summed E-state index contributed by atoms with van der Waals surface area (Å²) in [4.78, 5) is 11.1. The number of carboxylic acids is 1. The normalized spacial score (nSPS) is 12.3. The number of rotatable bonds is 9. The topological polar surface area (TPSA) is 67.8 Å². The van der Waals surface area contributed by atoms with Crippen LogP contribution in [0.4, 0.5) is 32.0 Å². The van der Waals surface area contributed by atoms with Crippen LogP contribution in [0.1, 0.15) is 15.9 Å². The molecule has 0 aromatic heterocycles. The number of aromatic carboxylic acids is 1. The summed E-state index contributed by atoms with van der Waals surface area (Å²) >= 11 is 0. The molecule has 0 fully saturated rings. The molecular weight excluding hydrogens is 420 g/mol. The van der Waals surface area contributed by atoms with Crippen molar-refractivity contribution in [1.82, 2.24) is 0 Å². The minimum Gasteiger partial charge on any atom is -0.493 e. The highest BCUT2D eigenvalue weighted by Crippen LogP contribution is 2.35. The highest BCUT2D eigenvalue weighted by atomic mass is 19.3. The molecule has 0 aliphatic rings. The van der Waals surface area contributed by atoms with Gasteiger partial charge in [0.15, 0.2) is 11.5 Å². The molecule has 0 amide bonds. The summed E-state index contributed by atoms with van der Waals surface area (Å²) in [7, 11) is 1.08. The van der Waals surface area contributed by atoms with Gasteiger partial charge in [0.25, 0.3) is 0 Å². The van der Waals surface area contributed by atoms with Gasteiger partial charge in [0.2, 0.25) is 0 Å². The Morgan fingerprint density at radius 2 is 1.77 bits per heavy atom. The van der Waals surface area contributed by atoms with Crippen molar-refractivity contribution >= 4 is 17.7 Å². The smallest absolute Gasteiger partial charge is 0.461 e. The van der Waals surface area contributed by atoms with Crippen molar-refractivity contribution in [2.75, 3.05) is 12.4 Å². The first kappa shape index (κ1) is 22.9. The van der Waals surface area contributed by atoms with E-state index in [1.165, 1.54) is 18.2 Å². The molecule has 2 rings (SSSR count). The summed E-state index contributed by atoms with van der Waals surface area (Å²) in [5, 5.41) is 10.8. The molecule has 0 radical (unpaired) electrons. The summed E-state index contributed by atoms with van der Waals surface area (Å²) in [5.74, 6) is -2.51. The molecule has 2 aromatic rings. The molecule has 0 aliphatic heterocycles. The Kier molecular flexibility index (Phi) is 6.85. The fraction of sp³-hybridized carbons (Fsp3) is 0.211. The lowest BCUT2D eigenvalue weighted by Crippen LogP contribution is -2.33. The number of benzene rings is 2. The molecule has 162 valence electrons. The van der Waals surface area contributed by atoms with Crippen molar-refractivity contribution in [3.8, 4) is 11.5 Å². The van der Waals surface area contributed by atoms with Gasteiger partial charge >= 0.3 is 24.5 Å². The molecule has 11 heteroatoms. The van der Waals surface area contributed by atoms with Crippen LogP contribution < -0.4 is 14.8 Å². The lowest BCUT2D eigenvalue weighted by Gasteiger charge is -2.19. The third-order valence-electron chi connectivity index (χ3n) is 3.63. The van der Waals surface area contributed by atoms with Gasteiger partial charge in [0, 0.05) is 6.08 Å². The summed E-state index contributed by atoms with van der Waals surface area (Å²) < 4.78 is 88.2. The zero-order valence-corrected chi connectivity index (χ0v) is 15.2. The van der Waals surface area contributed by atoms with Crippen LogP contribution in [0.2, 0.25) is 0 Å². The van der Waals surface area contributed by atoms with Gasteiger partial charge < -0.3 is 19.9 Å². The number of hydrogen-bond acceptors (Lipinski definition) is 4. The van der Waals surface area contributed by atoms with E-state index in [0.717, 1.165) is 37.5 Å². The third-order valence-corrected chi connectivity index (χ3v) is 3.63. The fourth-order valence-corrected chi connectivity index (χ4v) is 2.27. The van der Waals surface area contributed by atoms with Crippen molar-refractivity contribution in [3.05, 3.63) is 59.7 Å². The molecule has 0 saturated carbocycles. The molecule has 0 atom stereocenters. The van der Waals surface area contributed by atoms with Gasteiger partial charge in [0.1, 0.15) is 0 Å². The summed E-state index contributed by atoms with van der Waals surface area (Å²) in [6.45, 7) is 0. The number of nitrogens with one attached hydrogen (secondary N) is 1. The Morgan fingerprint density at radius 1 is 1.10 bits per heavy atom. The lowest BCUT2D eigenvalue weighted by atomic mass is 10.1. The minimum atomic E-state index is -4.82. The molecule has 2 N–H and O–H groups in total. The van der Waals surface area contributed by atoms with Crippen LogP contribution in [0.5, 0.6) is 11.5 Å². The molecule has 2 aromatic carbocycles. The number of hydrogen-bond donors (Lipinski definition) is 2. The Labute approximate surface area is 166 Å². The Balaban J connectivity index is 2.26. The van der Waals surface area contributed by atoms with Crippen LogP contribution in [0, 0.1) is 0 Å². The van der Waals surface area contributed by atoms with Crippen molar-refractivity contribution in [3.63, 3.8) is 0 Å². The maximum Gasteiger partial charge on any atom is 0.461 e. The molecule has 0 unspecified atom stereocenters. The van der Waals surface area contributed by atoms with Crippen molar-refractivity contribution < 1.29 is 45.7 Å². The maximum atomic E-state index is 14.2. The minimum absolute atomic E-state index is 0.0936. The van der Waals surface area contributed by atoms with Crippen LogP contribution in [-0.2, 0) is 0 Å². The van der Waals surface area contributed by atoms with Crippen LogP contribution >= 0.6 is 0 Å². The molecule has 0 aliphatic carbocycles. The first-order chi connectivity index (χ1) is 13.9. The average molecular weight is 435 g/mol. The standard InChI is InChI=1S/C19H15F6NO4/c1-29-14-7-6-11(10-15(14)30-19(24,25)17(20)21)8-9-18(22,23)26-13-5-3-2-4-12(13)16(27)28/h2-10,17,26H,1H3,(H,27,28)/b9-8+. The van der Waals surface area contributed by atoms with E-state index in [9.17, 15) is 31.1 Å². The van der Waals surface area contributed by atoms with Gasteiger partial charge in [-0.25, -0.2) is 4.79 Å². The highest BCUT2D eigenvalue weighted by molar-refractivity contribution is 5.94. The first-order valence-electron chi connectivity index (χ1n) is 8.16. The third kappa shape index (κ3) is 5.82. The number of para-hydroxylation sites is 1. The van der Waals surface area contributed by atoms with Gasteiger partial charge in [-0.2, -0.15) is 26.3 Å².